The second kappa shape index (κ2) is 4.99. The van der Waals surface area contributed by atoms with Gasteiger partial charge in [0.15, 0.2) is 5.78 Å². The van der Waals surface area contributed by atoms with Crippen molar-refractivity contribution in [3.63, 3.8) is 0 Å². The van der Waals surface area contributed by atoms with Crippen LogP contribution >= 0.6 is 15.9 Å². The molecule has 0 fully saturated rings. The molecule has 2 rings (SSSR count). The third-order valence-electron chi connectivity index (χ3n) is 2.11. The number of carbonyl (C=O) groups is 1. The van der Waals surface area contributed by atoms with E-state index < -0.39 is 0 Å². The third-order valence-corrected chi connectivity index (χ3v) is 2.54. The number of rotatable bonds is 3. The van der Waals surface area contributed by atoms with E-state index in [0.717, 1.165) is 10.0 Å². The monoisotopic (exact) mass is 276 g/mol. The maximum Gasteiger partial charge on any atom is 0.168 e. The molecule has 4 heteroatoms. The zero-order valence-corrected chi connectivity index (χ0v) is 10.0. The molecule has 16 heavy (non-hydrogen) atoms. The van der Waals surface area contributed by atoms with Crippen LogP contribution in [0.3, 0.4) is 0 Å². The molecule has 0 radical (unpaired) electrons. The first-order valence-electron chi connectivity index (χ1n) is 4.78. The van der Waals surface area contributed by atoms with E-state index in [4.69, 9.17) is 0 Å². The molecule has 0 amide bonds. The Balaban J connectivity index is 2.14. The van der Waals surface area contributed by atoms with Crippen LogP contribution in [0, 0.1) is 0 Å². The van der Waals surface area contributed by atoms with Gasteiger partial charge in [-0.15, -0.1) is 0 Å². The zero-order valence-electron chi connectivity index (χ0n) is 8.43. The van der Waals surface area contributed by atoms with Gasteiger partial charge in [0, 0.05) is 41.2 Å². The molecule has 0 unspecified atom stereocenters. The van der Waals surface area contributed by atoms with Crippen LogP contribution < -0.4 is 0 Å². The number of carbonyl (C=O) groups excluding carboxylic acids is 1. The minimum absolute atomic E-state index is 0.0491. The molecule has 0 aromatic carbocycles. The summed E-state index contributed by atoms with van der Waals surface area (Å²) in [5.41, 5.74) is 1.52. The van der Waals surface area contributed by atoms with Crippen LogP contribution in [0.5, 0.6) is 0 Å². The van der Waals surface area contributed by atoms with Crippen molar-refractivity contribution >= 4 is 21.7 Å². The van der Waals surface area contributed by atoms with Crippen molar-refractivity contribution in [1.29, 1.82) is 0 Å². The van der Waals surface area contributed by atoms with Gasteiger partial charge in [0.1, 0.15) is 0 Å². The normalized spacial score (nSPS) is 10.1. The predicted molar refractivity (Wildman–Crippen MR) is 64.2 cm³/mol. The molecule has 0 atom stereocenters. The highest BCUT2D eigenvalue weighted by atomic mass is 79.9. The minimum Gasteiger partial charge on any atom is -0.294 e. The van der Waals surface area contributed by atoms with Gasteiger partial charge in [-0.1, -0.05) is 0 Å². The average Bonchev–Trinajstić information content (AvgIpc) is 2.30. The first-order valence-corrected chi connectivity index (χ1v) is 5.57. The lowest BCUT2D eigenvalue weighted by molar-refractivity contribution is 0.0992. The summed E-state index contributed by atoms with van der Waals surface area (Å²) in [5.74, 6) is 0.0491. The summed E-state index contributed by atoms with van der Waals surface area (Å²) in [6, 6.07) is 5.41. The lowest BCUT2D eigenvalue weighted by Crippen LogP contribution is -2.04. The molecule has 0 spiro atoms. The lowest BCUT2D eigenvalue weighted by Gasteiger charge is -2.00. The van der Waals surface area contributed by atoms with E-state index in [-0.39, 0.29) is 5.78 Å². The Morgan fingerprint density at radius 3 is 2.81 bits per heavy atom. The SMILES string of the molecule is O=C(Cc1cncc(Br)c1)c1cccnc1. The molecule has 0 aliphatic heterocycles. The summed E-state index contributed by atoms with van der Waals surface area (Å²) in [6.07, 6.45) is 6.96. The largest absolute Gasteiger partial charge is 0.294 e. The van der Waals surface area contributed by atoms with Gasteiger partial charge in [0.2, 0.25) is 0 Å². The van der Waals surface area contributed by atoms with E-state index in [1.165, 1.54) is 0 Å². The molecule has 0 saturated carbocycles. The van der Waals surface area contributed by atoms with Crippen LogP contribution in [-0.2, 0) is 6.42 Å². The van der Waals surface area contributed by atoms with Gasteiger partial charge >= 0.3 is 0 Å². The molecule has 0 aliphatic rings. The van der Waals surface area contributed by atoms with Crippen molar-refractivity contribution in [1.82, 2.24) is 9.97 Å². The topological polar surface area (TPSA) is 42.9 Å². The van der Waals surface area contributed by atoms with E-state index in [0.29, 0.717) is 12.0 Å². The summed E-state index contributed by atoms with van der Waals surface area (Å²) < 4.78 is 0.879. The number of nitrogens with zero attached hydrogens (tertiary/aromatic N) is 2. The number of hydrogen-bond donors (Lipinski definition) is 0. The number of Topliss-reactive ketones (excluding diaryl/α,β-unsaturated/α-hetero) is 1. The van der Waals surface area contributed by atoms with E-state index in [1.54, 1.807) is 36.9 Å². The van der Waals surface area contributed by atoms with Crippen molar-refractivity contribution in [2.75, 3.05) is 0 Å². The fourth-order valence-corrected chi connectivity index (χ4v) is 1.78. The van der Waals surface area contributed by atoms with Crippen molar-refractivity contribution in [2.24, 2.45) is 0 Å². The van der Waals surface area contributed by atoms with Gasteiger partial charge in [0.05, 0.1) is 0 Å². The summed E-state index contributed by atoms with van der Waals surface area (Å²) in [6.45, 7) is 0. The highest BCUT2D eigenvalue weighted by Gasteiger charge is 2.07. The smallest absolute Gasteiger partial charge is 0.168 e. The molecular formula is C12H9BrN2O. The predicted octanol–water partition coefficient (Wildman–Crippen LogP) is 2.66. The van der Waals surface area contributed by atoms with Gasteiger partial charge in [0.25, 0.3) is 0 Å². The summed E-state index contributed by atoms with van der Waals surface area (Å²) >= 11 is 3.32. The van der Waals surface area contributed by atoms with Crippen LogP contribution in [0.2, 0.25) is 0 Å². The molecule has 0 N–H and O–H groups in total. The maximum absolute atomic E-state index is 11.8. The van der Waals surface area contributed by atoms with Crippen LogP contribution in [0.1, 0.15) is 15.9 Å². The number of aromatic nitrogens is 2. The van der Waals surface area contributed by atoms with Gasteiger partial charge < -0.3 is 0 Å². The fraction of sp³-hybridized carbons (Fsp3) is 0.0833. The minimum atomic E-state index is 0.0491. The Morgan fingerprint density at radius 1 is 1.25 bits per heavy atom. The molecule has 2 aromatic heterocycles. The Labute approximate surface area is 102 Å². The lowest BCUT2D eigenvalue weighted by atomic mass is 10.1. The molecule has 2 aromatic rings. The van der Waals surface area contributed by atoms with E-state index in [2.05, 4.69) is 25.9 Å². The number of halogens is 1. The number of hydrogen-bond acceptors (Lipinski definition) is 3. The fourth-order valence-electron chi connectivity index (χ4n) is 1.37. The van der Waals surface area contributed by atoms with Crippen molar-refractivity contribution < 1.29 is 4.79 Å². The molecule has 0 aliphatic carbocycles. The van der Waals surface area contributed by atoms with E-state index in [9.17, 15) is 4.79 Å². The Morgan fingerprint density at radius 2 is 2.12 bits per heavy atom. The first-order chi connectivity index (χ1) is 7.75. The van der Waals surface area contributed by atoms with Crippen LogP contribution in [0.25, 0.3) is 0 Å². The van der Waals surface area contributed by atoms with E-state index in [1.807, 2.05) is 6.07 Å². The third kappa shape index (κ3) is 2.73. The molecule has 0 bridgehead atoms. The Bertz CT molecular complexity index is 499. The quantitative estimate of drug-likeness (QED) is 0.810. The molecule has 0 saturated heterocycles. The Kier molecular flexibility index (Phi) is 3.41. The van der Waals surface area contributed by atoms with Crippen molar-refractivity contribution in [2.45, 2.75) is 6.42 Å². The molecule has 2 heterocycles. The molecular weight excluding hydrogens is 268 g/mol. The summed E-state index contributed by atoms with van der Waals surface area (Å²) in [5, 5.41) is 0. The molecule has 80 valence electrons. The van der Waals surface area contributed by atoms with Crippen LogP contribution in [-0.4, -0.2) is 15.8 Å². The van der Waals surface area contributed by atoms with Crippen LogP contribution in [0.15, 0.2) is 47.5 Å². The van der Waals surface area contributed by atoms with E-state index >= 15 is 0 Å². The second-order valence-electron chi connectivity index (χ2n) is 3.35. The molecule has 3 nitrogen and oxygen atoms in total. The van der Waals surface area contributed by atoms with Crippen molar-refractivity contribution in [3.8, 4) is 0 Å². The zero-order chi connectivity index (χ0) is 11.4. The van der Waals surface area contributed by atoms with Crippen LogP contribution in [0.4, 0.5) is 0 Å². The summed E-state index contributed by atoms with van der Waals surface area (Å²) in [7, 11) is 0. The summed E-state index contributed by atoms with van der Waals surface area (Å²) in [4.78, 5) is 19.8. The van der Waals surface area contributed by atoms with Gasteiger partial charge in [-0.05, 0) is 39.7 Å². The van der Waals surface area contributed by atoms with Gasteiger partial charge in [-0.2, -0.15) is 0 Å². The highest BCUT2D eigenvalue weighted by Crippen LogP contribution is 2.11. The first kappa shape index (κ1) is 11.0. The standard InChI is InChI=1S/C12H9BrN2O/c13-11-4-9(6-15-8-11)5-12(16)10-2-1-3-14-7-10/h1-4,6-8H,5H2. The number of pyridine rings is 2. The number of ketones is 1. The Hall–Kier alpha value is -1.55. The average molecular weight is 277 g/mol. The van der Waals surface area contributed by atoms with Crippen molar-refractivity contribution in [3.05, 3.63) is 58.6 Å². The van der Waals surface area contributed by atoms with Gasteiger partial charge in [-0.25, -0.2) is 0 Å². The highest BCUT2D eigenvalue weighted by molar-refractivity contribution is 9.10. The maximum atomic E-state index is 11.8. The second-order valence-corrected chi connectivity index (χ2v) is 4.27. The van der Waals surface area contributed by atoms with Gasteiger partial charge in [-0.3, -0.25) is 14.8 Å².